The van der Waals surface area contributed by atoms with Crippen molar-refractivity contribution in [3.05, 3.63) is 24.3 Å². The van der Waals surface area contributed by atoms with Crippen LogP contribution in [-0.4, -0.2) is 51.9 Å². The quantitative estimate of drug-likeness (QED) is 0.684. The Morgan fingerprint density at radius 3 is 2.18 bits per heavy atom. The molecular formula is C12H18BN2O2-. The lowest BCUT2D eigenvalue weighted by atomic mass is 9.63. The van der Waals surface area contributed by atoms with Crippen molar-refractivity contribution in [2.75, 3.05) is 45.3 Å². The summed E-state index contributed by atoms with van der Waals surface area (Å²) in [5.74, 6) is 0. The van der Waals surface area contributed by atoms with Gasteiger partial charge in [0, 0.05) is 33.0 Å². The van der Waals surface area contributed by atoms with Gasteiger partial charge in [-0.1, -0.05) is 12.1 Å². The van der Waals surface area contributed by atoms with Gasteiger partial charge in [-0.2, -0.15) is 0 Å². The van der Waals surface area contributed by atoms with E-state index in [0.717, 1.165) is 31.8 Å². The standard InChI is InChI=1S/C12H18BN2O2/c1-14(2)12-5-3-11(4-6-12)13-15(7-9-16-13)8-10-17-13/h3-6H,7-10H2,1-2H3/q-1. The fourth-order valence-corrected chi connectivity index (χ4v) is 2.79. The van der Waals surface area contributed by atoms with Crippen molar-refractivity contribution in [3.63, 3.8) is 0 Å². The zero-order valence-corrected chi connectivity index (χ0v) is 10.4. The summed E-state index contributed by atoms with van der Waals surface area (Å²) in [6, 6.07) is 8.48. The molecule has 4 nitrogen and oxygen atoms in total. The molecule has 0 N–H and O–H groups in total. The van der Waals surface area contributed by atoms with Crippen molar-refractivity contribution >= 4 is 17.8 Å². The average Bonchev–Trinajstić information content (AvgIpc) is 2.88. The van der Waals surface area contributed by atoms with Crippen LogP contribution in [0.1, 0.15) is 0 Å². The third-order valence-corrected chi connectivity index (χ3v) is 3.76. The largest absolute Gasteiger partial charge is 0.550 e. The molecule has 0 aliphatic carbocycles. The molecule has 2 saturated heterocycles. The van der Waals surface area contributed by atoms with Gasteiger partial charge in [-0.15, -0.1) is 5.46 Å². The average molecular weight is 233 g/mol. The summed E-state index contributed by atoms with van der Waals surface area (Å²) >= 11 is 0. The second-order valence-corrected chi connectivity index (χ2v) is 4.94. The highest BCUT2D eigenvalue weighted by Crippen LogP contribution is 2.25. The molecule has 0 radical (unpaired) electrons. The highest BCUT2D eigenvalue weighted by molar-refractivity contribution is 6.79. The van der Waals surface area contributed by atoms with Gasteiger partial charge in [-0.3, -0.25) is 0 Å². The second-order valence-electron chi connectivity index (χ2n) is 4.94. The lowest BCUT2D eigenvalue weighted by Gasteiger charge is -2.37. The number of hydrogen-bond donors (Lipinski definition) is 0. The number of nitrogens with zero attached hydrogens (tertiary/aromatic N) is 2. The van der Waals surface area contributed by atoms with Gasteiger partial charge >= 0.3 is 6.69 Å². The van der Waals surface area contributed by atoms with Gasteiger partial charge in [-0.25, -0.2) is 0 Å². The van der Waals surface area contributed by atoms with E-state index in [-0.39, 0.29) is 0 Å². The summed E-state index contributed by atoms with van der Waals surface area (Å²) in [4.78, 5) is 4.42. The maximum Gasteiger partial charge on any atom is 0.347 e. The van der Waals surface area contributed by atoms with Crippen LogP contribution in [0.4, 0.5) is 5.69 Å². The summed E-state index contributed by atoms with van der Waals surface area (Å²) in [6.07, 6.45) is 0. The molecule has 1 aromatic carbocycles. The van der Waals surface area contributed by atoms with E-state index < -0.39 is 6.69 Å². The molecule has 0 bridgehead atoms. The topological polar surface area (TPSA) is 24.9 Å². The molecule has 2 aliphatic heterocycles. The molecule has 0 saturated carbocycles. The third kappa shape index (κ3) is 1.66. The molecule has 3 rings (SSSR count). The zero-order chi connectivity index (χ0) is 11.9. The van der Waals surface area contributed by atoms with Gasteiger partial charge in [0.25, 0.3) is 0 Å². The molecule has 92 valence electrons. The van der Waals surface area contributed by atoms with Gasteiger partial charge in [0.2, 0.25) is 0 Å². The highest BCUT2D eigenvalue weighted by atomic mass is 16.6. The fourth-order valence-electron chi connectivity index (χ4n) is 2.79. The lowest BCUT2D eigenvalue weighted by Crippen LogP contribution is -2.57. The van der Waals surface area contributed by atoms with Crippen molar-refractivity contribution < 1.29 is 9.31 Å². The predicted octanol–water partition coefficient (Wildman–Crippen LogP) is 0.261. The van der Waals surface area contributed by atoms with E-state index in [1.54, 1.807) is 0 Å². The van der Waals surface area contributed by atoms with Gasteiger partial charge in [0.15, 0.2) is 0 Å². The van der Waals surface area contributed by atoms with Crippen molar-refractivity contribution in [3.8, 4) is 0 Å². The summed E-state index contributed by atoms with van der Waals surface area (Å²) < 4.78 is 11.8. The monoisotopic (exact) mass is 233 g/mol. The Bertz CT molecular complexity index is 397. The Morgan fingerprint density at radius 1 is 1.06 bits per heavy atom. The predicted molar refractivity (Wildman–Crippen MR) is 69.6 cm³/mol. The number of fused-ring (bicyclic) bond motifs is 1. The molecule has 0 unspecified atom stereocenters. The second kappa shape index (κ2) is 4.01. The summed E-state index contributed by atoms with van der Waals surface area (Å²) in [5.41, 5.74) is 2.36. The van der Waals surface area contributed by atoms with Crippen molar-refractivity contribution in [2.24, 2.45) is 0 Å². The molecule has 0 amide bonds. The summed E-state index contributed by atoms with van der Waals surface area (Å²) in [7, 11) is 4.09. The Labute approximate surface area is 102 Å². The van der Waals surface area contributed by atoms with Crippen LogP contribution in [0.2, 0.25) is 0 Å². The SMILES string of the molecule is CN(C)c1ccc([B-]23OCCN2CCO3)cc1. The minimum atomic E-state index is -1.33. The third-order valence-electron chi connectivity index (χ3n) is 3.76. The Balaban J connectivity index is 1.93. The Hall–Kier alpha value is -1.04. The first kappa shape index (κ1) is 11.1. The smallest absolute Gasteiger partial charge is 0.347 e. The Morgan fingerprint density at radius 2 is 1.65 bits per heavy atom. The van der Waals surface area contributed by atoms with Crippen LogP contribution in [0.3, 0.4) is 0 Å². The molecule has 5 heteroatoms. The van der Waals surface area contributed by atoms with Crippen LogP contribution in [0.5, 0.6) is 0 Å². The Kier molecular flexibility index (Phi) is 2.62. The number of hydrogen-bond acceptors (Lipinski definition) is 4. The first-order chi connectivity index (χ1) is 8.22. The van der Waals surface area contributed by atoms with Gasteiger partial charge in [-0.05, 0) is 25.2 Å². The van der Waals surface area contributed by atoms with Crippen LogP contribution >= 0.6 is 0 Å². The van der Waals surface area contributed by atoms with Crippen LogP contribution in [0.25, 0.3) is 0 Å². The van der Waals surface area contributed by atoms with E-state index >= 15 is 0 Å². The van der Waals surface area contributed by atoms with Gasteiger partial charge in [0.1, 0.15) is 0 Å². The normalized spacial score (nSPS) is 22.7. The van der Waals surface area contributed by atoms with Gasteiger partial charge < -0.3 is 19.0 Å². The highest BCUT2D eigenvalue weighted by Gasteiger charge is 2.43. The lowest BCUT2D eigenvalue weighted by molar-refractivity contribution is 0.232. The molecule has 2 aliphatic rings. The van der Waals surface area contributed by atoms with E-state index in [1.165, 1.54) is 5.69 Å². The number of benzene rings is 1. The minimum Gasteiger partial charge on any atom is -0.550 e. The zero-order valence-electron chi connectivity index (χ0n) is 10.4. The van der Waals surface area contributed by atoms with E-state index in [4.69, 9.17) is 9.31 Å². The van der Waals surface area contributed by atoms with Crippen LogP contribution in [0, 0.1) is 0 Å². The summed E-state index contributed by atoms with van der Waals surface area (Å²) in [5, 5.41) is 0. The van der Waals surface area contributed by atoms with Crippen LogP contribution in [-0.2, 0) is 9.31 Å². The molecule has 0 spiro atoms. The van der Waals surface area contributed by atoms with E-state index in [0.29, 0.717) is 0 Å². The van der Waals surface area contributed by atoms with Crippen molar-refractivity contribution in [2.45, 2.75) is 0 Å². The van der Waals surface area contributed by atoms with E-state index in [2.05, 4.69) is 34.0 Å². The maximum atomic E-state index is 5.90. The maximum absolute atomic E-state index is 5.90. The molecule has 2 heterocycles. The fraction of sp³-hybridized carbons (Fsp3) is 0.500. The molecule has 2 fully saturated rings. The van der Waals surface area contributed by atoms with E-state index in [9.17, 15) is 0 Å². The van der Waals surface area contributed by atoms with E-state index in [1.807, 2.05) is 14.1 Å². The van der Waals surface area contributed by atoms with Crippen molar-refractivity contribution in [1.29, 1.82) is 0 Å². The molecule has 17 heavy (non-hydrogen) atoms. The number of anilines is 1. The molecule has 1 aromatic rings. The van der Waals surface area contributed by atoms with Gasteiger partial charge in [0.05, 0.1) is 0 Å². The molecule has 0 atom stereocenters. The molecule has 0 aromatic heterocycles. The minimum absolute atomic E-state index is 0.773. The van der Waals surface area contributed by atoms with Crippen LogP contribution in [0.15, 0.2) is 24.3 Å². The van der Waals surface area contributed by atoms with Crippen molar-refractivity contribution in [1.82, 2.24) is 4.81 Å². The summed E-state index contributed by atoms with van der Waals surface area (Å²) in [6.45, 7) is 2.18. The number of rotatable bonds is 2. The first-order valence-corrected chi connectivity index (χ1v) is 6.17. The van der Waals surface area contributed by atoms with Crippen LogP contribution < -0.4 is 10.4 Å². The molecular weight excluding hydrogens is 215 g/mol. The first-order valence-electron chi connectivity index (χ1n) is 6.17.